The minimum Gasteiger partial charge on any atom is -0.369 e. The van der Waals surface area contributed by atoms with Crippen LogP contribution in [0.3, 0.4) is 0 Å². The number of nitrogen functional groups attached to an aromatic ring is 1. The Morgan fingerprint density at radius 1 is 1.28 bits per heavy atom. The molecule has 0 amide bonds. The zero-order chi connectivity index (χ0) is 13.0. The van der Waals surface area contributed by atoms with Crippen molar-refractivity contribution in [3.05, 3.63) is 45.5 Å². The molecule has 0 bridgehead atoms. The quantitative estimate of drug-likeness (QED) is 0.905. The molecule has 18 heavy (non-hydrogen) atoms. The second kappa shape index (κ2) is 6.02. The maximum absolute atomic E-state index is 5.83. The zero-order valence-electron chi connectivity index (χ0n) is 9.53. The molecule has 1 aromatic carbocycles. The van der Waals surface area contributed by atoms with Gasteiger partial charge in [0.25, 0.3) is 0 Å². The van der Waals surface area contributed by atoms with Gasteiger partial charge in [0.2, 0.25) is 5.95 Å². The van der Waals surface area contributed by atoms with Crippen LogP contribution in [-0.2, 0) is 6.42 Å². The molecule has 0 radical (unpaired) electrons. The van der Waals surface area contributed by atoms with Crippen LogP contribution in [0.5, 0.6) is 0 Å². The van der Waals surface area contributed by atoms with Crippen LogP contribution in [0.4, 0.5) is 11.8 Å². The van der Waals surface area contributed by atoms with Crippen molar-refractivity contribution in [3.8, 4) is 0 Å². The minimum atomic E-state index is 0.257. The van der Waals surface area contributed by atoms with Crippen LogP contribution in [0, 0.1) is 0 Å². The summed E-state index contributed by atoms with van der Waals surface area (Å²) in [5, 5.41) is 3.95. The molecule has 3 N–H and O–H groups in total. The molecule has 0 aliphatic heterocycles. The number of hydrogen-bond acceptors (Lipinski definition) is 4. The van der Waals surface area contributed by atoms with Crippen molar-refractivity contribution < 1.29 is 0 Å². The second-order valence-corrected chi connectivity index (χ2v) is 5.02. The maximum atomic E-state index is 5.83. The van der Waals surface area contributed by atoms with E-state index in [1.54, 1.807) is 6.20 Å². The van der Waals surface area contributed by atoms with Crippen molar-refractivity contribution in [2.75, 3.05) is 17.6 Å². The van der Waals surface area contributed by atoms with Crippen molar-refractivity contribution in [3.63, 3.8) is 0 Å². The van der Waals surface area contributed by atoms with Crippen molar-refractivity contribution in [2.24, 2.45) is 0 Å². The van der Waals surface area contributed by atoms with E-state index in [1.165, 1.54) is 5.56 Å². The van der Waals surface area contributed by atoms with Crippen molar-refractivity contribution in [1.29, 1.82) is 0 Å². The van der Waals surface area contributed by atoms with E-state index >= 15 is 0 Å². The molecule has 0 aliphatic carbocycles. The van der Waals surface area contributed by atoms with Gasteiger partial charge in [-0.25, -0.2) is 4.98 Å². The lowest BCUT2D eigenvalue weighted by Gasteiger charge is -2.07. The predicted molar refractivity (Wildman–Crippen MR) is 77.8 cm³/mol. The van der Waals surface area contributed by atoms with Crippen molar-refractivity contribution >= 4 is 39.3 Å². The molecule has 6 heteroatoms. The van der Waals surface area contributed by atoms with Gasteiger partial charge in [0.1, 0.15) is 5.82 Å². The van der Waals surface area contributed by atoms with Gasteiger partial charge in [-0.1, -0.05) is 23.7 Å². The molecular formula is C12H12BrClN4. The number of nitrogens with zero attached hydrogens (tertiary/aromatic N) is 2. The van der Waals surface area contributed by atoms with Crippen molar-refractivity contribution in [2.45, 2.75) is 6.42 Å². The molecule has 0 spiro atoms. The van der Waals surface area contributed by atoms with Crippen LogP contribution in [0.15, 0.2) is 34.9 Å². The smallest absolute Gasteiger partial charge is 0.221 e. The Bertz CT molecular complexity index is 530. The lowest BCUT2D eigenvalue weighted by molar-refractivity contribution is 0.998. The van der Waals surface area contributed by atoms with Crippen molar-refractivity contribution in [1.82, 2.24) is 9.97 Å². The summed E-state index contributed by atoms with van der Waals surface area (Å²) in [5.41, 5.74) is 6.74. The first kappa shape index (κ1) is 13.1. The standard InChI is InChI=1S/C12H12BrClN4/c13-10-7-17-12(15)18-11(10)16-6-5-8-1-3-9(14)4-2-8/h1-4,7H,5-6H2,(H3,15,16,17,18). The number of hydrogen-bond donors (Lipinski definition) is 2. The number of halogens is 2. The number of nitrogens with two attached hydrogens (primary N) is 1. The molecule has 0 aliphatic rings. The number of nitrogens with one attached hydrogen (secondary N) is 1. The van der Waals surface area contributed by atoms with E-state index in [-0.39, 0.29) is 5.95 Å². The summed E-state index contributed by atoms with van der Waals surface area (Å²) in [6.45, 7) is 0.761. The summed E-state index contributed by atoms with van der Waals surface area (Å²) >= 11 is 9.19. The number of aromatic nitrogens is 2. The van der Waals surface area contributed by atoms with Gasteiger partial charge in [0.15, 0.2) is 0 Å². The summed E-state index contributed by atoms with van der Waals surface area (Å²) in [6, 6.07) is 7.78. The third kappa shape index (κ3) is 3.58. The molecule has 0 saturated heterocycles. The fourth-order valence-electron chi connectivity index (χ4n) is 1.48. The highest BCUT2D eigenvalue weighted by Crippen LogP contribution is 2.19. The van der Waals surface area contributed by atoms with E-state index in [2.05, 4.69) is 31.2 Å². The SMILES string of the molecule is Nc1ncc(Br)c(NCCc2ccc(Cl)cc2)n1. The highest BCUT2D eigenvalue weighted by atomic mass is 79.9. The largest absolute Gasteiger partial charge is 0.369 e. The molecule has 2 aromatic rings. The summed E-state index contributed by atoms with van der Waals surface area (Å²) in [6.07, 6.45) is 2.51. The van der Waals surface area contributed by atoms with Gasteiger partial charge < -0.3 is 11.1 Å². The average Bonchev–Trinajstić information content (AvgIpc) is 2.36. The van der Waals surface area contributed by atoms with Crippen LogP contribution >= 0.6 is 27.5 Å². The molecular weight excluding hydrogens is 316 g/mol. The molecule has 1 heterocycles. The third-order valence-electron chi connectivity index (χ3n) is 2.38. The third-order valence-corrected chi connectivity index (χ3v) is 3.21. The Labute approximate surface area is 119 Å². The fourth-order valence-corrected chi connectivity index (χ4v) is 1.94. The maximum Gasteiger partial charge on any atom is 0.221 e. The van der Waals surface area contributed by atoms with Gasteiger partial charge >= 0.3 is 0 Å². The first-order chi connectivity index (χ1) is 8.65. The number of anilines is 2. The van der Waals surface area contributed by atoms with E-state index in [0.29, 0.717) is 5.82 Å². The van der Waals surface area contributed by atoms with Crippen LogP contribution in [-0.4, -0.2) is 16.5 Å². The van der Waals surface area contributed by atoms with Crippen LogP contribution in [0.1, 0.15) is 5.56 Å². The van der Waals surface area contributed by atoms with Gasteiger partial charge in [-0.05, 0) is 40.0 Å². The second-order valence-electron chi connectivity index (χ2n) is 3.73. The summed E-state index contributed by atoms with van der Waals surface area (Å²) in [4.78, 5) is 7.99. The number of rotatable bonds is 4. The predicted octanol–water partition coefficient (Wildman–Crippen LogP) is 3.13. The van der Waals surface area contributed by atoms with Gasteiger partial charge in [0.05, 0.1) is 4.47 Å². The summed E-state index contributed by atoms with van der Waals surface area (Å²) in [5.74, 6) is 0.962. The van der Waals surface area contributed by atoms with Gasteiger partial charge in [0, 0.05) is 17.8 Å². The lowest BCUT2D eigenvalue weighted by Crippen LogP contribution is -2.08. The fraction of sp³-hybridized carbons (Fsp3) is 0.167. The summed E-state index contributed by atoms with van der Waals surface area (Å²) in [7, 11) is 0. The Hall–Kier alpha value is -1.33. The highest BCUT2D eigenvalue weighted by Gasteiger charge is 2.02. The Morgan fingerprint density at radius 3 is 2.72 bits per heavy atom. The topological polar surface area (TPSA) is 63.8 Å². The lowest BCUT2D eigenvalue weighted by atomic mass is 10.1. The number of benzene rings is 1. The first-order valence-electron chi connectivity index (χ1n) is 5.41. The molecule has 4 nitrogen and oxygen atoms in total. The normalized spacial score (nSPS) is 10.3. The average molecular weight is 328 g/mol. The molecule has 0 atom stereocenters. The minimum absolute atomic E-state index is 0.257. The Balaban J connectivity index is 1.92. The molecule has 2 rings (SSSR count). The Kier molecular flexibility index (Phi) is 4.38. The van der Waals surface area contributed by atoms with Gasteiger partial charge in [-0.15, -0.1) is 0 Å². The van der Waals surface area contributed by atoms with E-state index < -0.39 is 0 Å². The van der Waals surface area contributed by atoms with E-state index in [9.17, 15) is 0 Å². The van der Waals surface area contributed by atoms with Gasteiger partial charge in [-0.3, -0.25) is 0 Å². The molecule has 0 unspecified atom stereocenters. The van der Waals surface area contributed by atoms with Crippen LogP contribution in [0.2, 0.25) is 5.02 Å². The molecule has 1 aromatic heterocycles. The van der Waals surface area contributed by atoms with E-state index in [1.807, 2.05) is 24.3 Å². The Morgan fingerprint density at radius 2 is 2.00 bits per heavy atom. The van der Waals surface area contributed by atoms with E-state index in [4.69, 9.17) is 17.3 Å². The summed E-state index contributed by atoms with van der Waals surface area (Å²) < 4.78 is 0.799. The van der Waals surface area contributed by atoms with Crippen LogP contribution in [0.25, 0.3) is 0 Å². The first-order valence-corrected chi connectivity index (χ1v) is 6.58. The van der Waals surface area contributed by atoms with E-state index in [0.717, 1.165) is 22.5 Å². The molecule has 0 saturated carbocycles. The molecule has 0 fully saturated rings. The highest BCUT2D eigenvalue weighted by molar-refractivity contribution is 9.10. The zero-order valence-corrected chi connectivity index (χ0v) is 11.9. The monoisotopic (exact) mass is 326 g/mol. The molecule has 94 valence electrons. The van der Waals surface area contributed by atoms with Crippen LogP contribution < -0.4 is 11.1 Å². The van der Waals surface area contributed by atoms with Gasteiger partial charge in [-0.2, -0.15) is 4.98 Å².